The number of aryl methyl sites for hydroxylation is 1. The van der Waals surface area contributed by atoms with E-state index in [1.807, 2.05) is 0 Å². The van der Waals surface area contributed by atoms with Gasteiger partial charge in [0.15, 0.2) is 5.76 Å². The van der Waals surface area contributed by atoms with E-state index in [0.29, 0.717) is 18.9 Å². The van der Waals surface area contributed by atoms with Crippen LogP contribution in [0.5, 0.6) is 0 Å². The molecule has 120 valence electrons. The summed E-state index contributed by atoms with van der Waals surface area (Å²) in [6.45, 7) is 3.13. The zero-order valence-electron chi connectivity index (χ0n) is 12.5. The van der Waals surface area contributed by atoms with Crippen LogP contribution in [0.1, 0.15) is 37.6 Å². The fourth-order valence-corrected chi connectivity index (χ4v) is 3.96. The Bertz CT molecular complexity index is 543. The van der Waals surface area contributed by atoms with Gasteiger partial charge in [0, 0.05) is 25.8 Å². The molecule has 1 saturated heterocycles. The van der Waals surface area contributed by atoms with Crippen molar-refractivity contribution in [3.05, 3.63) is 17.5 Å². The average molecular weight is 317 g/mol. The molecule has 0 radical (unpaired) electrons. The van der Waals surface area contributed by atoms with Crippen LogP contribution in [0.25, 0.3) is 0 Å². The first kappa shape index (κ1) is 16.4. The van der Waals surface area contributed by atoms with Gasteiger partial charge in [-0.05, 0) is 19.3 Å². The number of nitrogens with one attached hydrogen (secondary N) is 1. The molecule has 1 aromatic heterocycles. The lowest BCUT2D eigenvalue weighted by molar-refractivity contribution is 0.148. The van der Waals surface area contributed by atoms with Crippen molar-refractivity contribution in [3.63, 3.8) is 0 Å². The van der Waals surface area contributed by atoms with Crippen LogP contribution in [0.4, 0.5) is 0 Å². The van der Waals surface area contributed by atoms with Gasteiger partial charge in [0.25, 0.3) is 10.2 Å². The molecule has 1 fully saturated rings. The van der Waals surface area contributed by atoms with Crippen LogP contribution in [0.15, 0.2) is 10.6 Å². The molecular formula is C13H23N3O4S. The number of methoxy groups -OCH3 is 1. The fourth-order valence-electron chi connectivity index (χ4n) is 2.54. The van der Waals surface area contributed by atoms with Gasteiger partial charge in [-0.15, -0.1) is 0 Å². The Morgan fingerprint density at radius 3 is 3.10 bits per heavy atom. The molecule has 7 nitrogen and oxygen atoms in total. The molecule has 2 heterocycles. The van der Waals surface area contributed by atoms with Gasteiger partial charge in [-0.1, -0.05) is 18.5 Å². The first-order chi connectivity index (χ1) is 10.1. The van der Waals surface area contributed by atoms with Gasteiger partial charge in [0.1, 0.15) is 0 Å². The summed E-state index contributed by atoms with van der Waals surface area (Å²) in [7, 11) is -1.93. The summed E-state index contributed by atoms with van der Waals surface area (Å²) in [6, 6.07) is 1.71. The normalized spacial score (nSPS) is 20.2. The van der Waals surface area contributed by atoms with Crippen LogP contribution >= 0.6 is 0 Å². The second kappa shape index (κ2) is 7.35. The lowest BCUT2D eigenvalue weighted by Gasteiger charge is -2.23. The third-order valence-electron chi connectivity index (χ3n) is 3.53. The van der Waals surface area contributed by atoms with Crippen molar-refractivity contribution in [2.24, 2.45) is 0 Å². The van der Waals surface area contributed by atoms with Crippen LogP contribution in [0.2, 0.25) is 0 Å². The van der Waals surface area contributed by atoms with Gasteiger partial charge in [-0.2, -0.15) is 17.4 Å². The van der Waals surface area contributed by atoms with Crippen molar-refractivity contribution >= 4 is 10.2 Å². The van der Waals surface area contributed by atoms with E-state index in [9.17, 15) is 8.42 Å². The second-order valence-corrected chi connectivity index (χ2v) is 6.93. The third-order valence-corrected chi connectivity index (χ3v) is 5.14. The van der Waals surface area contributed by atoms with Gasteiger partial charge in [-0.3, -0.25) is 0 Å². The van der Waals surface area contributed by atoms with Gasteiger partial charge >= 0.3 is 0 Å². The Hall–Kier alpha value is -0.960. The van der Waals surface area contributed by atoms with E-state index in [-0.39, 0.29) is 12.6 Å². The Kier molecular flexibility index (Phi) is 5.74. The largest absolute Gasteiger partial charge is 0.383 e. The van der Waals surface area contributed by atoms with E-state index in [1.54, 1.807) is 13.2 Å². The summed E-state index contributed by atoms with van der Waals surface area (Å²) in [5.41, 5.74) is 0.852. The van der Waals surface area contributed by atoms with Crippen molar-refractivity contribution in [1.29, 1.82) is 0 Å². The molecule has 2 rings (SSSR count). The predicted molar refractivity (Wildman–Crippen MR) is 77.9 cm³/mol. The number of hydrogen-bond donors (Lipinski definition) is 1. The SMILES string of the molecule is CCCc1cc(CNS(=O)(=O)N2CCC[C@@H]2COC)on1. The quantitative estimate of drug-likeness (QED) is 0.775. The maximum Gasteiger partial charge on any atom is 0.280 e. The zero-order chi connectivity index (χ0) is 15.3. The summed E-state index contributed by atoms with van der Waals surface area (Å²) in [5.74, 6) is 0.532. The predicted octanol–water partition coefficient (Wildman–Crippen LogP) is 1.07. The van der Waals surface area contributed by atoms with Gasteiger partial charge in [-0.25, -0.2) is 0 Å². The van der Waals surface area contributed by atoms with E-state index in [2.05, 4.69) is 16.8 Å². The maximum atomic E-state index is 12.3. The molecule has 0 spiro atoms. The minimum Gasteiger partial charge on any atom is -0.383 e. The number of hydrogen-bond acceptors (Lipinski definition) is 5. The first-order valence-corrected chi connectivity index (χ1v) is 8.70. The molecule has 0 aromatic carbocycles. The van der Waals surface area contributed by atoms with Gasteiger partial charge in [0.2, 0.25) is 0 Å². The lowest BCUT2D eigenvalue weighted by Crippen LogP contribution is -2.44. The smallest absolute Gasteiger partial charge is 0.280 e. The van der Waals surface area contributed by atoms with Gasteiger partial charge < -0.3 is 9.26 Å². The highest BCUT2D eigenvalue weighted by Crippen LogP contribution is 2.20. The molecule has 1 N–H and O–H groups in total. The zero-order valence-corrected chi connectivity index (χ0v) is 13.4. The molecule has 0 aliphatic carbocycles. The minimum absolute atomic E-state index is 0.0853. The summed E-state index contributed by atoms with van der Waals surface area (Å²) in [4.78, 5) is 0. The molecule has 21 heavy (non-hydrogen) atoms. The van der Waals surface area contributed by atoms with Gasteiger partial charge in [0.05, 0.1) is 18.8 Å². The molecular weight excluding hydrogens is 294 g/mol. The fraction of sp³-hybridized carbons (Fsp3) is 0.769. The highest BCUT2D eigenvalue weighted by atomic mass is 32.2. The molecule has 0 saturated carbocycles. The molecule has 0 unspecified atom stereocenters. The Morgan fingerprint density at radius 1 is 1.57 bits per heavy atom. The highest BCUT2D eigenvalue weighted by Gasteiger charge is 2.34. The summed E-state index contributed by atoms with van der Waals surface area (Å²) in [6.07, 6.45) is 3.50. The average Bonchev–Trinajstić information content (AvgIpc) is 3.07. The van der Waals surface area contributed by atoms with Crippen molar-refractivity contribution in [1.82, 2.24) is 14.2 Å². The Labute approximate surface area is 125 Å². The first-order valence-electron chi connectivity index (χ1n) is 7.26. The van der Waals surface area contributed by atoms with E-state index in [0.717, 1.165) is 31.4 Å². The molecule has 1 aliphatic rings. The van der Waals surface area contributed by atoms with E-state index in [1.165, 1.54) is 4.31 Å². The molecule has 0 bridgehead atoms. The monoisotopic (exact) mass is 317 g/mol. The molecule has 1 aromatic rings. The van der Waals surface area contributed by atoms with Crippen LogP contribution in [0, 0.1) is 0 Å². The number of ether oxygens (including phenoxy) is 1. The highest BCUT2D eigenvalue weighted by molar-refractivity contribution is 7.87. The van der Waals surface area contributed by atoms with Crippen LogP contribution < -0.4 is 4.72 Å². The summed E-state index contributed by atoms with van der Waals surface area (Å²) in [5, 5.41) is 3.91. The standard InChI is InChI=1S/C13H23N3O4S/c1-3-5-11-8-13(20-15-11)9-14-21(17,18)16-7-4-6-12(16)10-19-2/h8,12,14H,3-7,9-10H2,1-2H3/t12-/m1/s1. The van der Waals surface area contributed by atoms with Crippen molar-refractivity contribution in [2.45, 2.75) is 45.2 Å². The number of rotatable bonds is 8. The van der Waals surface area contributed by atoms with Crippen molar-refractivity contribution < 1.29 is 17.7 Å². The summed E-state index contributed by atoms with van der Waals surface area (Å²) >= 11 is 0. The number of nitrogens with zero attached hydrogens (tertiary/aromatic N) is 2. The molecule has 8 heteroatoms. The van der Waals surface area contributed by atoms with Crippen LogP contribution in [-0.4, -0.2) is 44.2 Å². The molecule has 0 amide bonds. The van der Waals surface area contributed by atoms with E-state index < -0.39 is 10.2 Å². The Balaban J connectivity index is 1.93. The molecule has 1 atom stereocenters. The van der Waals surface area contributed by atoms with E-state index >= 15 is 0 Å². The topological polar surface area (TPSA) is 84.7 Å². The van der Waals surface area contributed by atoms with Crippen LogP contribution in [-0.2, 0) is 27.9 Å². The third kappa shape index (κ3) is 4.26. The minimum atomic E-state index is -3.52. The van der Waals surface area contributed by atoms with Crippen molar-refractivity contribution in [3.8, 4) is 0 Å². The Morgan fingerprint density at radius 2 is 2.38 bits per heavy atom. The molecule has 1 aliphatic heterocycles. The van der Waals surface area contributed by atoms with Crippen molar-refractivity contribution in [2.75, 3.05) is 20.3 Å². The second-order valence-electron chi connectivity index (χ2n) is 5.22. The maximum absolute atomic E-state index is 12.3. The van der Waals surface area contributed by atoms with Crippen LogP contribution in [0.3, 0.4) is 0 Å². The lowest BCUT2D eigenvalue weighted by atomic mass is 10.2. The summed E-state index contributed by atoms with van der Waals surface area (Å²) < 4.78 is 38.9. The van der Waals surface area contributed by atoms with E-state index in [4.69, 9.17) is 9.26 Å². The number of aromatic nitrogens is 1.